The van der Waals surface area contributed by atoms with E-state index < -0.39 is 0 Å². The van der Waals surface area contributed by atoms with E-state index in [0.717, 1.165) is 46.4 Å². The summed E-state index contributed by atoms with van der Waals surface area (Å²) in [5, 5.41) is 0. The first-order chi connectivity index (χ1) is 9.61. The SMILES string of the molecule is CCCC1CCCN(C(=O)c2ccc(Br)cc2Br)CC1. The molecule has 110 valence electrons. The number of likely N-dealkylation sites (tertiary alicyclic amines) is 1. The number of halogens is 2. The van der Waals surface area contributed by atoms with Gasteiger partial charge in [0.15, 0.2) is 0 Å². The molecule has 0 spiro atoms. The molecule has 0 bridgehead atoms. The standard InChI is InChI=1S/C16H21Br2NO/c1-2-4-12-5-3-9-19(10-8-12)16(20)14-7-6-13(17)11-15(14)18/h6-7,11-12H,2-5,8-10H2,1H3. The molecule has 1 aliphatic heterocycles. The van der Waals surface area contributed by atoms with Gasteiger partial charge in [-0.15, -0.1) is 0 Å². The molecule has 1 amide bonds. The van der Waals surface area contributed by atoms with E-state index in [1.165, 1.54) is 19.3 Å². The average molecular weight is 403 g/mol. The predicted octanol–water partition coefficient (Wildman–Crippen LogP) is 5.25. The molecular weight excluding hydrogens is 382 g/mol. The summed E-state index contributed by atoms with van der Waals surface area (Å²) in [6.07, 6.45) is 6.08. The summed E-state index contributed by atoms with van der Waals surface area (Å²) in [6, 6.07) is 5.76. The Bertz CT molecular complexity index is 476. The molecule has 1 aliphatic rings. The van der Waals surface area contributed by atoms with Gasteiger partial charge in [0.1, 0.15) is 0 Å². The van der Waals surface area contributed by atoms with Gasteiger partial charge < -0.3 is 4.90 Å². The van der Waals surface area contributed by atoms with Gasteiger partial charge >= 0.3 is 0 Å². The minimum Gasteiger partial charge on any atom is -0.339 e. The molecule has 2 nitrogen and oxygen atoms in total. The summed E-state index contributed by atoms with van der Waals surface area (Å²) in [7, 11) is 0. The Morgan fingerprint density at radius 3 is 2.80 bits per heavy atom. The van der Waals surface area contributed by atoms with Crippen LogP contribution in [0.15, 0.2) is 27.1 Å². The van der Waals surface area contributed by atoms with Crippen molar-refractivity contribution >= 4 is 37.8 Å². The second-order valence-electron chi connectivity index (χ2n) is 5.50. The van der Waals surface area contributed by atoms with Gasteiger partial charge in [-0.3, -0.25) is 4.79 Å². The van der Waals surface area contributed by atoms with E-state index in [-0.39, 0.29) is 5.91 Å². The highest BCUT2D eigenvalue weighted by Gasteiger charge is 2.22. The van der Waals surface area contributed by atoms with Gasteiger partial charge in [-0.2, -0.15) is 0 Å². The van der Waals surface area contributed by atoms with Gasteiger partial charge in [-0.1, -0.05) is 35.7 Å². The van der Waals surface area contributed by atoms with Gasteiger partial charge in [0.2, 0.25) is 0 Å². The van der Waals surface area contributed by atoms with E-state index in [2.05, 4.69) is 38.8 Å². The molecule has 20 heavy (non-hydrogen) atoms. The summed E-state index contributed by atoms with van der Waals surface area (Å²) < 4.78 is 1.85. The molecule has 1 heterocycles. The summed E-state index contributed by atoms with van der Waals surface area (Å²) in [4.78, 5) is 14.6. The Morgan fingerprint density at radius 2 is 2.10 bits per heavy atom. The van der Waals surface area contributed by atoms with E-state index in [1.807, 2.05) is 23.1 Å². The van der Waals surface area contributed by atoms with Gasteiger partial charge in [-0.05, 0) is 59.3 Å². The first kappa shape index (κ1) is 16.0. The average Bonchev–Trinajstić information content (AvgIpc) is 2.64. The molecule has 0 aliphatic carbocycles. The Labute approximate surface area is 138 Å². The molecule has 1 saturated heterocycles. The van der Waals surface area contributed by atoms with Crippen molar-refractivity contribution < 1.29 is 4.79 Å². The maximum absolute atomic E-state index is 12.6. The lowest BCUT2D eigenvalue weighted by Crippen LogP contribution is -2.32. The number of rotatable bonds is 3. The van der Waals surface area contributed by atoms with E-state index >= 15 is 0 Å². The van der Waals surface area contributed by atoms with Crippen LogP contribution in [0.3, 0.4) is 0 Å². The highest BCUT2D eigenvalue weighted by atomic mass is 79.9. The van der Waals surface area contributed by atoms with Gasteiger partial charge in [0, 0.05) is 22.0 Å². The molecule has 2 rings (SSSR count). The minimum absolute atomic E-state index is 0.154. The van der Waals surface area contributed by atoms with Crippen molar-refractivity contribution in [2.75, 3.05) is 13.1 Å². The number of carbonyl (C=O) groups excluding carboxylic acids is 1. The summed E-state index contributed by atoms with van der Waals surface area (Å²) in [5.41, 5.74) is 0.766. The van der Waals surface area contributed by atoms with Crippen LogP contribution >= 0.6 is 31.9 Å². The third kappa shape index (κ3) is 4.08. The largest absolute Gasteiger partial charge is 0.339 e. The number of carbonyl (C=O) groups is 1. The highest BCUT2D eigenvalue weighted by molar-refractivity contribution is 9.11. The van der Waals surface area contributed by atoms with Crippen LogP contribution in [-0.2, 0) is 0 Å². The molecule has 0 saturated carbocycles. The van der Waals surface area contributed by atoms with Crippen LogP contribution in [0.5, 0.6) is 0 Å². The molecule has 1 atom stereocenters. The third-order valence-corrected chi connectivity index (χ3v) is 5.14. The second-order valence-corrected chi connectivity index (χ2v) is 7.27. The quantitative estimate of drug-likeness (QED) is 0.675. The maximum Gasteiger partial charge on any atom is 0.254 e. The summed E-state index contributed by atoms with van der Waals surface area (Å²) >= 11 is 6.92. The monoisotopic (exact) mass is 401 g/mol. The normalized spacial score (nSPS) is 19.8. The van der Waals surface area contributed by atoms with E-state index in [4.69, 9.17) is 0 Å². The second kappa shape index (κ2) is 7.60. The molecule has 0 aromatic heterocycles. The Balaban J connectivity index is 2.05. The van der Waals surface area contributed by atoms with Gasteiger partial charge in [-0.25, -0.2) is 0 Å². The Kier molecular flexibility index (Phi) is 6.09. The Morgan fingerprint density at radius 1 is 1.30 bits per heavy atom. The Hall–Kier alpha value is -0.350. The third-order valence-electron chi connectivity index (χ3n) is 3.99. The van der Waals surface area contributed by atoms with Crippen LogP contribution in [0.25, 0.3) is 0 Å². The zero-order valence-corrected chi connectivity index (χ0v) is 15.0. The number of hydrogen-bond acceptors (Lipinski definition) is 1. The molecule has 1 unspecified atom stereocenters. The first-order valence-electron chi connectivity index (χ1n) is 7.36. The summed E-state index contributed by atoms with van der Waals surface area (Å²) in [6.45, 7) is 4.03. The number of nitrogens with zero attached hydrogens (tertiary/aromatic N) is 1. The zero-order valence-electron chi connectivity index (χ0n) is 11.9. The van der Waals surface area contributed by atoms with Crippen molar-refractivity contribution in [3.63, 3.8) is 0 Å². The molecule has 1 aromatic carbocycles. The van der Waals surface area contributed by atoms with Crippen LogP contribution in [-0.4, -0.2) is 23.9 Å². The zero-order chi connectivity index (χ0) is 14.5. The highest BCUT2D eigenvalue weighted by Crippen LogP contribution is 2.26. The fourth-order valence-corrected chi connectivity index (χ4v) is 4.12. The van der Waals surface area contributed by atoms with Crippen LogP contribution in [0.2, 0.25) is 0 Å². The van der Waals surface area contributed by atoms with Crippen molar-refractivity contribution in [1.29, 1.82) is 0 Å². The van der Waals surface area contributed by atoms with Gasteiger partial charge in [0.25, 0.3) is 5.91 Å². The maximum atomic E-state index is 12.6. The smallest absolute Gasteiger partial charge is 0.254 e. The van der Waals surface area contributed by atoms with E-state index in [1.54, 1.807) is 0 Å². The number of benzene rings is 1. The van der Waals surface area contributed by atoms with Crippen molar-refractivity contribution in [3.8, 4) is 0 Å². The number of hydrogen-bond donors (Lipinski definition) is 0. The lowest BCUT2D eigenvalue weighted by Gasteiger charge is -2.21. The first-order valence-corrected chi connectivity index (χ1v) is 8.94. The van der Waals surface area contributed by atoms with Gasteiger partial charge in [0.05, 0.1) is 5.56 Å². The number of amides is 1. The summed E-state index contributed by atoms with van der Waals surface area (Å²) in [5.74, 6) is 0.952. The van der Waals surface area contributed by atoms with Crippen LogP contribution < -0.4 is 0 Å². The lowest BCUT2D eigenvalue weighted by atomic mass is 9.96. The minimum atomic E-state index is 0.154. The van der Waals surface area contributed by atoms with Crippen molar-refractivity contribution in [2.45, 2.75) is 39.0 Å². The molecule has 0 N–H and O–H groups in total. The van der Waals surface area contributed by atoms with Crippen LogP contribution in [0.1, 0.15) is 49.4 Å². The fraction of sp³-hybridized carbons (Fsp3) is 0.562. The van der Waals surface area contributed by atoms with Crippen LogP contribution in [0, 0.1) is 5.92 Å². The molecule has 4 heteroatoms. The molecular formula is C16H21Br2NO. The molecule has 0 radical (unpaired) electrons. The van der Waals surface area contributed by atoms with Crippen molar-refractivity contribution in [3.05, 3.63) is 32.7 Å². The van der Waals surface area contributed by atoms with Crippen molar-refractivity contribution in [1.82, 2.24) is 4.90 Å². The predicted molar refractivity (Wildman–Crippen MR) is 90.0 cm³/mol. The topological polar surface area (TPSA) is 20.3 Å². The van der Waals surface area contributed by atoms with E-state index in [0.29, 0.717) is 0 Å². The van der Waals surface area contributed by atoms with E-state index in [9.17, 15) is 4.79 Å². The molecule has 1 fully saturated rings. The van der Waals surface area contributed by atoms with Crippen LogP contribution in [0.4, 0.5) is 0 Å². The fourth-order valence-electron chi connectivity index (χ4n) is 2.90. The molecule has 1 aromatic rings. The lowest BCUT2D eigenvalue weighted by molar-refractivity contribution is 0.0759. The van der Waals surface area contributed by atoms with Crippen molar-refractivity contribution in [2.24, 2.45) is 5.92 Å².